The zero-order chi connectivity index (χ0) is 28.5. The molecule has 39 heavy (non-hydrogen) atoms. The highest BCUT2D eigenvalue weighted by Crippen LogP contribution is 2.49. The van der Waals surface area contributed by atoms with Gasteiger partial charge in [-0.15, -0.1) is 5.10 Å². The van der Waals surface area contributed by atoms with Crippen molar-refractivity contribution in [3.8, 4) is 0 Å². The van der Waals surface area contributed by atoms with E-state index >= 15 is 4.39 Å². The second-order valence-corrected chi connectivity index (χ2v) is 13.3. The average molecular weight is 571 g/mol. The summed E-state index contributed by atoms with van der Waals surface area (Å²) in [6.45, 7) is 3.79. The Labute approximate surface area is 221 Å². The van der Waals surface area contributed by atoms with Gasteiger partial charge in [0.05, 0.1) is 17.2 Å². The van der Waals surface area contributed by atoms with Crippen molar-refractivity contribution in [3.63, 3.8) is 0 Å². The van der Waals surface area contributed by atoms with Gasteiger partial charge in [-0.25, -0.2) is 22.3 Å². The summed E-state index contributed by atoms with van der Waals surface area (Å²) in [6, 6.07) is 2.02. The van der Waals surface area contributed by atoms with Crippen LogP contribution in [0.3, 0.4) is 0 Å². The van der Waals surface area contributed by atoms with Gasteiger partial charge in [0.25, 0.3) is 0 Å². The Morgan fingerprint density at radius 3 is 2.41 bits per heavy atom. The van der Waals surface area contributed by atoms with Crippen LogP contribution < -0.4 is 0 Å². The van der Waals surface area contributed by atoms with Gasteiger partial charge in [0, 0.05) is 42.1 Å². The van der Waals surface area contributed by atoms with E-state index in [0.29, 0.717) is 28.2 Å². The fourth-order valence-electron chi connectivity index (χ4n) is 6.03. The van der Waals surface area contributed by atoms with Gasteiger partial charge in [-0.2, -0.15) is 17.6 Å². The van der Waals surface area contributed by atoms with Gasteiger partial charge in [0.2, 0.25) is 11.9 Å². The summed E-state index contributed by atoms with van der Waals surface area (Å²) in [4.78, 5) is 17.7. The van der Waals surface area contributed by atoms with E-state index in [4.69, 9.17) is 0 Å². The van der Waals surface area contributed by atoms with Crippen LogP contribution in [-0.2, 0) is 20.0 Å². The fourth-order valence-corrected chi connectivity index (χ4v) is 7.52. The highest BCUT2D eigenvalue weighted by molar-refractivity contribution is 7.91. The lowest BCUT2D eigenvalue weighted by atomic mass is 9.86. The zero-order valence-corrected chi connectivity index (χ0v) is 22.3. The van der Waals surface area contributed by atoms with Gasteiger partial charge in [-0.3, -0.25) is 4.79 Å². The number of carbonyl (C=O) groups is 1. The summed E-state index contributed by atoms with van der Waals surface area (Å²) in [7, 11) is -2.30. The molecule has 3 aromatic rings. The second kappa shape index (κ2) is 9.24. The van der Waals surface area contributed by atoms with Crippen LogP contribution >= 0.6 is 0 Å². The predicted octanol–water partition coefficient (Wildman–Crippen LogP) is 4.71. The number of alkyl halides is 3. The smallest absolute Gasteiger partial charge is 0.330 e. The standard InChI is InChI=1S/C26H27F5N4O3S/c1-25(2)12-17(18-13-32-21-11-20(28)33-35(21)23(18)25)16-5-4-15(10-19(16)27)22(26(29,30)31)34(3)24(36)14-6-8-39(37,38)9-7-14/h4-5,10-11,13-14,17,22H,6-9,12H2,1-3H3/t17-,22+/m1/s1. The van der Waals surface area contributed by atoms with E-state index in [9.17, 15) is 30.8 Å². The van der Waals surface area contributed by atoms with E-state index in [1.165, 1.54) is 22.8 Å². The summed E-state index contributed by atoms with van der Waals surface area (Å²) < 4.78 is 96.9. The molecule has 2 aliphatic rings. The summed E-state index contributed by atoms with van der Waals surface area (Å²) in [5.41, 5.74) is 0.716. The van der Waals surface area contributed by atoms with Gasteiger partial charge in [-0.05, 0) is 36.5 Å². The van der Waals surface area contributed by atoms with Gasteiger partial charge < -0.3 is 4.90 Å². The van der Waals surface area contributed by atoms with E-state index in [1.807, 2.05) is 13.8 Å². The third-order valence-electron chi connectivity index (χ3n) is 7.88. The number of aromatic nitrogens is 3. The first kappa shape index (κ1) is 27.5. The number of hydrogen-bond acceptors (Lipinski definition) is 5. The molecule has 1 aliphatic heterocycles. The lowest BCUT2D eigenvalue weighted by Gasteiger charge is -2.34. The van der Waals surface area contributed by atoms with Crippen LogP contribution in [0.2, 0.25) is 0 Å². The van der Waals surface area contributed by atoms with Crippen molar-refractivity contribution in [2.24, 2.45) is 5.92 Å². The van der Waals surface area contributed by atoms with Crippen molar-refractivity contribution in [1.29, 1.82) is 0 Å². The number of amides is 1. The Balaban J connectivity index is 1.48. The molecule has 1 amide bonds. The number of nitrogens with zero attached hydrogens (tertiary/aromatic N) is 4. The molecule has 3 heterocycles. The predicted molar refractivity (Wildman–Crippen MR) is 132 cm³/mol. The Kier molecular flexibility index (Phi) is 6.51. The third-order valence-corrected chi connectivity index (χ3v) is 9.59. The maximum Gasteiger partial charge on any atom is 0.413 e. The summed E-state index contributed by atoms with van der Waals surface area (Å²) in [5.74, 6) is -4.35. The topological polar surface area (TPSA) is 84.6 Å². The molecule has 0 radical (unpaired) electrons. The van der Waals surface area contributed by atoms with E-state index in [0.717, 1.165) is 19.2 Å². The van der Waals surface area contributed by atoms with Crippen LogP contribution in [0.5, 0.6) is 0 Å². The van der Waals surface area contributed by atoms with Crippen molar-refractivity contribution in [3.05, 3.63) is 64.6 Å². The number of fused-ring (bicyclic) bond motifs is 3. The van der Waals surface area contributed by atoms with E-state index in [2.05, 4.69) is 10.1 Å². The van der Waals surface area contributed by atoms with Crippen molar-refractivity contribution in [2.45, 2.75) is 56.7 Å². The van der Waals surface area contributed by atoms with Crippen LogP contribution in [-0.4, -0.2) is 58.6 Å². The van der Waals surface area contributed by atoms with Crippen LogP contribution in [0, 0.1) is 17.7 Å². The minimum absolute atomic E-state index is 0.0539. The molecule has 7 nitrogen and oxygen atoms in total. The molecular formula is C26H27F5N4O3S. The minimum atomic E-state index is -4.90. The second-order valence-electron chi connectivity index (χ2n) is 11.0. The molecule has 0 spiro atoms. The van der Waals surface area contributed by atoms with E-state index in [1.54, 1.807) is 0 Å². The van der Waals surface area contributed by atoms with Gasteiger partial charge in [0.15, 0.2) is 11.7 Å². The molecule has 210 valence electrons. The quantitative estimate of drug-likeness (QED) is 0.425. The van der Waals surface area contributed by atoms with Gasteiger partial charge in [-0.1, -0.05) is 26.0 Å². The first-order valence-corrected chi connectivity index (χ1v) is 14.3. The highest BCUT2D eigenvalue weighted by Gasteiger charge is 2.47. The maximum absolute atomic E-state index is 15.6. The van der Waals surface area contributed by atoms with Crippen LogP contribution in [0.1, 0.15) is 67.5 Å². The highest BCUT2D eigenvalue weighted by atomic mass is 32.2. The number of rotatable bonds is 4. The van der Waals surface area contributed by atoms with Crippen LogP contribution in [0.25, 0.3) is 5.65 Å². The molecule has 2 atom stereocenters. The first-order chi connectivity index (χ1) is 18.1. The molecule has 0 N–H and O–H groups in total. The average Bonchev–Trinajstić information content (AvgIpc) is 3.33. The number of carbonyl (C=O) groups excluding carboxylic acids is 1. The lowest BCUT2D eigenvalue weighted by Crippen LogP contribution is -2.44. The van der Waals surface area contributed by atoms with Crippen molar-refractivity contribution in [1.82, 2.24) is 19.5 Å². The van der Waals surface area contributed by atoms with E-state index in [-0.39, 0.29) is 29.9 Å². The van der Waals surface area contributed by atoms with Gasteiger partial charge >= 0.3 is 6.18 Å². The summed E-state index contributed by atoms with van der Waals surface area (Å²) >= 11 is 0. The fraction of sp³-hybridized carbons (Fsp3) is 0.500. The molecule has 2 aromatic heterocycles. The van der Waals surface area contributed by atoms with Crippen molar-refractivity contribution in [2.75, 3.05) is 18.6 Å². The molecule has 0 saturated carbocycles. The van der Waals surface area contributed by atoms with Crippen LogP contribution in [0.4, 0.5) is 22.0 Å². The molecule has 5 rings (SSSR count). The minimum Gasteiger partial charge on any atom is -0.330 e. The van der Waals surface area contributed by atoms with Crippen LogP contribution in [0.15, 0.2) is 30.5 Å². The zero-order valence-electron chi connectivity index (χ0n) is 21.5. The largest absolute Gasteiger partial charge is 0.413 e. The number of halogens is 5. The Morgan fingerprint density at radius 2 is 1.79 bits per heavy atom. The Bertz CT molecular complexity index is 1550. The molecule has 0 unspecified atom stereocenters. The molecule has 1 saturated heterocycles. The summed E-state index contributed by atoms with van der Waals surface area (Å²) in [6.07, 6.45) is -3.09. The van der Waals surface area contributed by atoms with Crippen molar-refractivity contribution < 1.29 is 35.2 Å². The number of benzene rings is 1. The lowest BCUT2D eigenvalue weighted by molar-refractivity contribution is -0.190. The SMILES string of the molecule is CN(C(=O)C1CCS(=O)(=O)CC1)[C@@H](c1ccc([C@H]2CC(C)(C)c3c2cnc2cc(F)nn32)c(F)c1)C(F)(F)F. The molecular weight excluding hydrogens is 543 g/mol. The van der Waals surface area contributed by atoms with Gasteiger partial charge in [0.1, 0.15) is 15.7 Å². The normalized spacial score (nSPS) is 21.6. The third kappa shape index (κ3) is 4.89. The van der Waals surface area contributed by atoms with Crippen molar-refractivity contribution >= 4 is 21.4 Å². The van der Waals surface area contributed by atoms with E-state index < -0.39 is 62.5 Å². The molecule has 1 fully saturated rings. The first-order valence-electron chi connectivity index (χ1n) is 12.5. The number of hydrogen-bond donors (Lipinski definition) is 0. The summed E-state index contributed by atoms with van der Waals surface area (Å²) in [5, 5.41) is 3.88. The maximum atomic E-state index is 15.6. The Morgan fingerprint density at radius 1 is 1.13 bits per heavy atom. The molecule has 0 bridgehead atoms. The molecule has 13 heteroatoms. The number of sulfone groups is 1. The molecule has 1 aliphatic carbocycles. The molecule has 1 aromatic carbocycles. The Hall–Kier alpha value is -3.09. The monoisotopic (exact) mass is 570 g/mol.